The summed E-state index contributed by atoms with van der Waals surface area (Å²) in [6.45, 7) is 3.64. The molecule has 98 valence electrons. The predicted molar refractivity (Wildman–Crippen MR) is 68.0 cm³/mol. The first kappa shape index (κ1) is 14.2. The van der Waals surface area contributed by atoms with Crippen LogP contribution < -0.4 is 4.90 Å². The Morgan fingerprint density at radius 3 is 2.28 bits per heavy atom. The average Bonchev–Trinajstić information content (AvgIpc) is 2.38. The number of hydrogen-bond donors (Lipinski definition) is 0. The normalized spacial score (nSPS) is 12.1. The molecular formula is C13H18N2O3. The van der Waals surface area contributed by atoms with E-state index in [0.29, 0.717) is 5.69 Å². The number of rotatable bonds is 4. The van der Waals surface area contributed by atoms with Crippen LogP contribution in [0.5, 0.6) is 0 Å². The Labute approximate surface area is 107 Å². The van der Waals surface area contributed by atoms with Crippen molar-refractivity contribution in [1.29, 1.82) is 0 Å². The maximum Gasteiger partial charge on any atom is 0.318 e. The molecular weight excluding hydrogens is 232 g/mol. The minimum Gasteiger partial charge on any atom is -0.468 e. The molecule has 1 amide bonds. The summed E-state index contributed by atoms with van der Waals surface area (Å²) in [7, 11) is 2.92. The lowest BCUT2D eigenvalue weighted by molar-refractivity contribution is -0.151. The molecule has 1 atom stereocenters. The fourth-order valence-electron chi connectivity index (χ4n) is 1.69. The summed E-state index contributed by atoms with van der Waals surface area (Å²) in [6, 6.07) is 3.43. The van der Waals surface area contributed by atoms with Crippen molar-refractivity contribution in [3.8, 4) is 0 Å². The van der Waals surface area contributed by atoms with Crippen LogP contribution in [0.1, 0.15) is 13.8 Å². The number of hydrogen-bond acceptors (Lipinski definition) is 4. The van der Waals surface area contributed by atoms with Crippen LogP contribution in [0.15, 0.2) is 24.5 Å². The van der Waals surface area contributed by atoms with Crippen LogP contribution in [0.3, 0.4) is 0 Å². The van der Waals surface area contributed by atoms with E-state index < -0.39 is 11.9 Å². The van der Waals surface area contributed by atoms with Crippen LogP contribution in [-0.2, 0) is 14.3 Å². The van der Waals surface area contributed by atoms with E-state index in [9.17, 15) is 9.59 Å². The predicted octanol–water partition coefficient (Wildman–Crippen LogP) is 1.49. The molecule has 0 fully saturated rings. The van der Waals surface area contributed by atoms with Crippen molar-refractivity contribution in [3.05, 3.63) is 24.5 Å². The molecule has 0 aliphatic carbocycles. The molecule has 0 bridgehead atoms. The Hall–Kier alpha value is -1.91. The van der Waals surface area contributed by atoms with E-state index >= 15 is 0 Å². The van der Waals surface area contributed by atoms with E-state index in [1.807, 2.05) is 13.8 Å². The Balaban J connectivity index is 2.94. The lowest BCUT2D eigenvalue weighted by Gasteiger charge is -2.24. The summed E-state index contributed by atoms with van der Waals surface area (Å²) in [4.78, 5) is 29.3. The largest absolute Gasteiger partial charge is 0.468 e. The minimum absolute atomic E-state index is 0.116. The van der Waals surface area contributed by atoms with Crippen LogP contribution in [0, 0.1) is 11.8 Å². The van der Waals surface area contributed by atoms with Gasteiger partial charge in [-0.05, 0) is 18.1 Å². The average molecular weight is 250 g/mol. The van der Waals surface area contributed by atoms with Crippen molar-refractivity contribution in [2.24, 2.45) is 11.8 Å². The third kappa shape index (κ3) is 3.06. The molecule has 0 aliphatic heterocycles. The number of nitrogens with zero attached hydrogens (tertiary/aromatic N) is 2. The first-order valence-electron chi connectivity index (χ1n) is 5.74. The van der Waals surface area contributed by atoms with Crippen LogP contribution in [-0.4, -0.2) is 31.0 Å². The first-order chi connectivity index (χ1) is 8.49. The molecule has 1 aromatic heterocycles. The van der Waals surface area contributed by atoms with Gasteiger partial charge in [0.1, 0.15) is 5.92 Å². The van der Waals surface area contributed by atoms with Crippen molar-refractivity contribution in [2.45, 2.75) is 13.8 Å². The zero-order chi connectivity index (χ0) is 13.7. The minimum atomic E-state index is -0.784. The Bertz CT molecular complexity index is 418. The highest BCUT2D eigenvalue weighted by molar-refractivity contribution is 6.06. The van der Waals surface area contributed by atoms with Gasteiger partial charge in [-0.1, -0.05) is 13.8 Å². The lowest BCUT2D eigenvalue weighted by atomic mass is 9.94. The Kier molecular flexibility index (Phi) is 4.83. The number of ether oxygens (including phenoxy) is 1. The molecule has 0 spiro atoms. The van der Waals surface area contributed by atoms with E-state index in [1.54, 1.807) is 31.6 Å². The quantitative estimate of drug-likeness (QED) is 0.600. The van der Waals surface area contributed by atoms with Gasteiger partial charge in [-0.3, -0.25) is 14.6 Å². The van der Waals surface area contributed by atoms with E-state index in [0.717, 1.165) is 0 Å². The van der Waals surface area contributed by atoms with Gasteiger partial charge in [0.05, 0.1) is 7.11 Å². The second-order valence-electron chi connectivity index (χ2n) is 4.35. The summed E-state index contributed by atoms with van der Waals surface area (Å²) in [5.41, 5.74) is 0.699. The molecule has 1 heterocycles. The van der Waals surface area contributed by atoms with Gasteiger partial charge in [-0.2, -0.15) is 0 Å². The number of pyridine rings is 1. The van der Waals surface area contributed by atoms with Crippen LogP contribution in [0.2, 0.25) is 0 Å². The van der Waals surface area contributed by atoms with Gasteiger partial charge in [0.15, 0.2) is 0 Å². The first-order valence-corrected chi connectivity index (χ1v) is 5.74. The molecule has 0 N–H and O–H groups in total. The number of esters is 1. The van der Waals surface area contributed by atoms with Gasteiger partial charge in [0.2, 0.25) is 5.91 Å². The zero-order valence-corrected chi connectivity index (χ0v) is 11.1. The van der Waals surface area contributed by atoms with Crippen molar-refractivity contribution in [2.75, 3.05) is 19.1 Å². The summed E-state index contributed by atoms with van der Waals surface area (Å²) < 4.78 is 4.68. The highest BCUT2D eigenvalue weighted by Crippen LogP contribution is 2.19. The number of carbonyl (C=O) groups is 2. The third-order valence-electron chi connectivity index (χ3n) is 2.77. The Morgan fingerprint density at radius 1 is 1.28 bits per heavy atom. The van der Waals surface area contributed by atoms with E-state index in [4.69, 9.17) is 0 Å². The van der Waals surface area contributed by atoms with Gasteiger partial charge in [0, 0.05) is 25.1 Å². The second-order valence-corrected chi connectivity index (χ2v) is 4.35. The molecule has 0 radical (unpaired) electrons. The van der Waals surface area contributed by atoms with E-state index in [-0.39, 0.29) is 11.8 Å². The molecule has 5 nitrogen and oxygen atoms in total. The third-order valence-corrected chi connectivity index (χ3v) is 2.77. The maximum absolute atomic E-state index is 12.3. The van der Waals surface area contributed by atoms with Gasteiger partial charge < -0.3 is 9.64 Å². The fourth-order valence-corrected chi connectivity index (χ4v) is 1.69. The molecule has 1 unspecified atom stereocenters. The van der Waals surface area contributed by atoms with Crippen molar-refractivity contribution in [1.82, 2.24) is 4.98 Å². The van der Waals surface area contributed by atoms with Gasteiger partial charge >= 0.3 is 5.97 Å². The van der Waals surface area contributed by atoms with E-state index in [2.05, 4.69) is 9.72 Å². The Morgan fingerprint density at radius 2 is 1.83 bits per heavy atom. The molecule has 1 aromatic rings. The van der Waals surface area contributed by atoms with Crippen molar-refractivity contribution in [3.63, 3.8) is 0 Å². The number of amides is 1. The van der Waals surface area contributed by atoms with Crippen molar-refractivity contribution >= 4 is 17.6 Å². The number of aromatic nitrogens is 1. The molecule has 0 aliphatic rings. The molecule has 1 rings (SSSR count). The fraction of sp³-hybridized carbons (Fsp3) is 0.462. The molecule has 0 aromatic carbocycles. The molecule has 18 heavy (non-hydrogen) atoms. The standard InChI is InChI=1S/C13H18N2O3/c1-9(2)11(13(17)18-4)12(16)15(3)10-5-7-14-8-6-10/h5-9,11H,1-4H3. The number of anilines is 1. The smallest absolute Gasteiger partial charge is 0.318 e. The number of methoxy groups -OCH3 is 1. The monoisotopic (exact) mass is 250 g/mol. The molecule has 0 saturated heterocycles. The maximum atomic E-state index is 12.3. The lowest BCUT2D eigenvalue weighted by Crippen LogP contribution is -2.40. The SMILES string of the molecule is COC(=O)C(C(=O)N(C)c1ccncc1)C(C)C. The van der Waals surface area contributed by atoms with Crippen molar-refractivity contribution < 1.29 is 14.3 Å². The highest BCUT2D eigenvalue weighted by atomic mass is 16.5. The molecule has 5 heteroatoms. The summed E-state index contributed by atoms with van der Waals surface area (Å²) in [5.74, 6) is -1.68. The summed E-state index contributed by atoms with van der Waals surface area (Å²) in [5, 5.41) is 0. The van der Waals surface area contributed by atoms with Gasteiger partial charge in [-0.15, -0.1) is 0 Å². The molecule has 0 saturated carbocycles. The van der Waals surface area contributed by atoms with Gasteiger partial charge in [0.25, 0.3) is 0 Å². The zero-order valence-electron chi connectivity index (χ0n) is 11.1. The summed E-state index contributed by atoms with van der Waals surface area (Å²) >= 11 is 0. The topological polar surface area (TPSA) is 59.5 Å². The van der Waals surface area contributed by atoms with Crippen LogP contribution in [0.4, 0.5) is 5.69 Å². The van der Waals surface area contributed by atoms with Gasteiger partial charge in [-0.25, -0.2) is 0 Å². The number of carbonyl (C=O) groups excluding carboxylic acids is 2. The van der Waals surface area contributed by atoms with E-state index in [1.165, 1.54) is 12.0 Å². The van der Waals surface area contributed by atoms with Crippen LogP contribution in [0.25, 0.3) is 0 Å². The second kappa shape index (κ2) is 6.14. The summed E-state index contributed by atoms with van der Waals surface area (Å²) in [6.07, 6.45) is 3.20. The van der Waals surface area contributed by atoms with Crippen LogP contribution >= 0.6 is 0 Å². The highest BCUT2D eigenvalue weighted by Gasteiger charge is 2.33.